The number of hydrogen-bond acceptors (Lipinski definition) is 6. The number of benzene rings is 4. The van der Waals surface area contributed by atoms with Gasteiger partial charge in [-0.15, -0.1) is 0 Å². The van der Waals surface area contributed by atoms with Crippen LogP contribution in [0, 0.1) is 13.8 Å². The Morgan fingerprint density at radius 2 is 1.48 bits per heavy atom. The van der Waals surface area contributed by atoms with Crippen molar-refractivity contribution in [2.24, 2.45) is 0 Å². The zero-order valence-corrected chi connectivity index (χ0v) is 29.1. The third-order valence-electron chi connectivity index (χ3n) is 8.08. The second-order valence-electron chi connectivity index (χ2n) is 11.7. The Balaban J connectivity index is 1.81. The molecule has 0 aliphatic carbocycles. The summed E-state index contributed by atoms with van der Waals surface area (Å²) in [7, 11) is -1.41. The van der Waals surface area contributed by atoms with Gasteiger partial charge in [0.25, 0.3) is 10.0 Å². The average Bonchev–Trinajstić information content (AvgIpc) is 3.09. The van der Waals surface area contributed by atoms with Crippen molar-refractivity contribution in [2.45, 2.75) is 57.5 Å². The van der Waals surface area contributed by atoms with Gasteiger partial charge in [-0.3, -0.25) is 13.9 Å². The predicted octanol–water partition coefficient (Wildman–Crippen LogP) is 6.07. The number of nitrogens with one attached hydrogen (secondary N) is 1. The van der Waals surface area contributed by atoms with Gasteiger partial charge < -0.3 is 19.7 Å². The van der Waals surface area contributed by atoms with Crippen molar-refractivity contribution >= 4 is 27.5 Å². The number of hydrogen-bond donors (Lipinski definition) is 1. The molecule has 0 aromatic heterocycles. The lowest BCUT2D eigenvalue weighted by molar-refractivity contribution is -0.140. The minimum absolute atomic E-state index is 0.0723. The van der Waals surface area contributed by atoms with Crippen LogP contribution in [0.4, 0.5) is 5.69 Å². The zero-order chi connectivity index (χ0) is 34.7. The smallest absolute Gasteiger partial charge is 0.264 e. The molecule has 0 unspecified atom stereocenters. The number of ether oxygens (including phenoxy) is 2. The summed E-state index contributed by atoms with van der Waals surface area (Å²) < 4.78 is 40.6. The first kappa shape index (κ1) is 36.0. The van der Waals surface area contributed by atoms with Crippen LogP contribution in [0.3, 0.4) is 0 Å². The summed E-state index contributed by atoms with van der Waals surface area (Å²) in [6.45, 7) is 5.94. The van der Waals surface area contributed by atoms with Crippen LogP contribution >= 0.6 is 0 Å². The van der Waals surface area contributed by atoms with Crippen molar-refractivity contribution in [3.63, 3.8) is 0 Å². The quantitative estimate of drug-likeness (QED) is 0.145. The number of methoxy groups -OCH3 is 2. The van der Waals surface area contributed by atoms with Gasteiger partial charge in [0.2, 0.25) is 11.8 Å². The van der Waals surface area contributed by atoms with Gasteiger partial charge in [0.15, 0.2) is 11.5 Å². The predicted molar refractivity (Wildman–Crippen MR) is 189 cm³/mol. The summed E-state index contributed by atoms with van der Waals surface area (Å²) in [6, 6.07) is 27.6. The molecule has 0 heterocycles. The van der Waals surface area contributed by atoms with E-state index in [9.17, 15) is 18.0 Å². The fourth-order valence-corrected chi connectivity index (χ4v) is 6.84. The van der Waals surface area contributed by atoms with Crippen LogP contribution < -0.4 is 19.1 Å². The van der Waals surface area contributed by atoms with E-state index in [4.69, 9.17) is 9.47 Å². The summed E-state index contributed by atoms with van der Waals surface area (Å²) in [4.78, 5) is 30.0. The van der Waals surface area contributed by atoms with Crippen LogP contribution in [0.15, 0.2) is 102 Å². The molecule has 0 fully saturated rings. The first-order valence-electron chi connectivity index (χ1n) is 16.1. The number of unbranched alkanes of at least 4 members (excludes halogenated alkanes) is 1. The fourth-order valence-electron chi connectivity index (χ4n) is 5.41. The number of sulfonamides is 1. The van der Waals surface area contributed by atoms with Gasteiger partial charge >= 0.3 is 0 Å². The Hall–Kier alpha value is -4.83. The maximum absolute atomic E-state index is 14.6. The van der Waals surface area contributed by atoms with Gasteiger partial charge in [-0.1, -0.05) is 91.2 Å². The van der Waals surface area contributed by atoms with E-state index in [-0.39, 0.29) is 29.5 Å². The molecule has 1 N–H and O–H groups in total. The average molecular weight is 672 g/mol. The van der Waals surface area contributed by atoms with Crippen molar-refractivity contribution in [1.82, 2.24) is 10.2 Å². The van der Waals surface area contributed by atoms with Crippen LogP contribution in [-0.2, 0) is 32.6 Å². The van der Waals surface area contributed by atoms with E-state index < -0.39 is 28.5 Å². The minimum atomic E-state index is -4.31. The normalized spacial score (nSPS) is 11.8. The van der Waals surface area contributed by atoms with E-state index >= 15 is 0 Å². The zero-order valence-electron chi connectivity index (χ0n) is 28.3. The van der Waals surface area contributed by atoms with Crippen LogP contribution in [0.25, 0.3) is 0 Å². The van der Waals surface area contributed by atoms with Gasteiger partial charge in [0.05, 0.1) is 24.8 Å². The highest BCUT2D eigenvalue weighted by Crippen LogP contribution is 2.32. The molecule has 0 spiro atoms. The lowest BCUT2D eigenvalue weighted by atomic mass is 10.0. The highest BCUT2D eigenvalue weighted by molar-refractivity contribution is 7.92. The second kappa shape index (κ2) is 16.8. The molecule has 254 valence electrons. The molecule has 0 saturated heterocycles. The molecule has 4 aromatic rings. The summed E-state index contributed by atoms with van der Waals surface area (Å²) in [5.74, 6) is -0.205. The summed E-state index contributed by atoms with van der Waals surface area (Å²) in [5, 5.41) is 3.02. The first-order chi connectivity index (χ1) is 23.1. The maximum atomic E-state index is 14.6. The van der Waals surface area contributed by atoms with Crippen molar-refractivity contribution in [1.29, 1.82) is 0 Å². The van der Waals surface area contributed by atoms with E-state index in [1.807, 2.05) is 75.4 Å². The number of aryl methyl sites for hydroxylation is 2. The second-order valence-corrected chi connectivity index (χ2v) is 13.6. The van der Waals surface area contributed by atoms with E-state index in [0.717, 1.165) is 39.4 Å². The molecule has 9 nitrogen and oxygen atoms in total. The van der Waals surface area contributed by atoms with Gasteiger partial charge in [-0.05, 0) is 55.7 Å². The highest BCUT2D eigenvalue weighted by Gasteiger charge is 2.35. The SMILES string of the molecule is CCCCNC(=O)[C@@H](Cc1ccccc1)N(Cc1cccc(C)c1)C(=O)CN(c1ccc(C)cc1)S(=O)(=O)c1ccc(OC)c(OC)c1. The van der Waals surface area contributed by atoms with Gasteiger partial charge in [0, 0.05) is 25.6 Å². The van der Waals surface area contributed by atoms with E-state index in [0.29, 0.717) is 18.0 Å². The molecule has 0 radical (unpaired) electrons. The van der Waals surface area contributed by atoms with Crippen molar-refractivity contribution in [3.8, 4) is 11.5 Å². The van der Waals surface area contributed by atoms with Gasteiger partial charge in [-0.2, -0.15) is 0 Å². The molecule has 1 atom stereocenters. The number of nitrogens with zero attached hydrogens (tertiary/aromatic N) is 2. The van der Waals surface area contributed by atoms with Crippen LogP contribution in [0.2, 0.25) is 0 Å². The van der Waals surface area contributed by atoms with Gasteiger partial charge in [0.1, 0.15) is 12.6 Å². The molecule has 0 bridgehead atoms. The monoisotopic (exact) mass is 671 g/mol. The lowest BCUT2D eigenvalue weighted by Gasteiger charge is -2.34. The van der Waals surface area contributed by atoms with Crippen molar-refractivity contribution in [3.05, 3.63) is 119 Å². The Morgan fingerprint density at radius 1 is 0.792 bits per heavy atom. The molecule has 0 saturated carbocycles. The highest BCUT2D eigenvalue weighted by atomic mass is 32.2. The molecule has 10 heteroatoms. The third-order valence-corrected chi connectivity index (χ3v) is 9.85. The fraction of sp³-hybridized carbons (Fsp3) is 0.316. The lowest BCUT2D eigenvalue weighted by Crippen LogP contribution is -2.53. The molecule has 0 aliphatic heterocycles. The molecule has 2 amide bonds. The summed E-state index contributed by atoms with van der Waals surface area (Å²) >= 11 is 0. The number of anilines is 1. The van der Waals surface area contributed by atoms with Gasteiger partial charge in [-0.25, -0.2) is 8.42 Å². The molecular weight excluding hydrogens is 627 g/mol. The third kappa shape index (κ3) is 9.16. The standard InChI is InChI=1S/C38H45N3O6S/c1-6-7-22-39-38(43)34(24-30-13-9-8-10-14-30)40(26-31-15-11-12-29(3)23-31)37(42)27-41(32-18-16-28(2)17-19-32)48(44,45)33-20-21-35(46-4)36(25-33)47-5/h8-21,23,25,34H,6-7,22,24,26-27H2,1-5H3,(H,39,43)/t34-/m1/s1. The Morgan fingerprint density at radius 3 is 2.12 bits per heavy atom. The number of carbonyl (C=O) groups excluding carboxylic acids is 2. The number of carbonyl (C=O) groups is 2. The van der Waals surface area contributed by atoms with E-state index in [2.05, 4.69) is 5.32 Å². The first-order valence-corrected chi connectivity index (χ1v) is 17.5. The minimum Gasteiger partial charge on any atom is -0.493 e. The topological polar surface area (TPSA) is 105 Å². The molecule has 4 aromatic carbocycles. The van der Waals surface area contributed by atoms with Crippen LogP contribution in [0.5, 0.6) is 11.5 Å². The Bertz CT molecular complexity index is 1780. The van der Waals surface area contributed by atoms with Crippen molar-refractivity contribution < 1.29 is 27.5 Å². The maximum Gasteiger partial charge on any atom is 0.264 e. The Kier molecular flexibility index (Phi) is 12.6. The molecule has 0 aliphatic rings. The summed E-state index contributed by atoms with van der Waals surface area (Å²) in [6.07, 6.45) is 1.94. The summed E-state index contributed by atoms with van der Waals surface area (Å²) in [5.41, 5.74) is 3.95. The van der Waals surface area contributed by atoms with Crippen molar-refractivity contribution in [2.75, 3.05) is 31.6 Å². The van der Waals surface area contributed by atoms with Crippen LogP contribution in [-0.4, -0.2) is 58.5 Å². The number of amides is 2. The largest absolute Gasteiger partial charge is 0.493 e. The van der Waals surface area contributed by atoms with E-state index in [1.54, 1.807) is 24.3 Å². The molecular formula is C38H45N3O6S. The Labute approximate surface area is 284 Å². The number of rotatable bonds is 16. The van der Waals surface area contributed by atoms with E-state index in [1.165, 1.54) is 37.3 Å². The molecule has 4 rings (SSSR count). The van der Waals surface area contributed by atoms with Crippen LogP contribution in [0.1, 0.15) is 42.0 Å². The molecule has 48 heavy (non-hydrogen) atoms.